The van der Waals surface area contributed by atoms with Crippen molar-refractivity contribution in [3.63, 3.8) is 0 Å². The van der Waals surface area contributed by atoms with Gasteiger partial charge in [0.1, 0.15) is 43.4 Å². The number of anilines is 2. The van der Waals surface area contributed by atoms with Gasteiger partial charge in [-0.1, -0.05) is 25.0 Å². The zero-order valence-corrected chi connectivity index (χ0v) is 39.2. The summed E-state index contributed by atoms with van der Waals surface area (Å²) in [6.07, 6.45) is 14.7. The summed E-state index contributed by atoms with van der Waals surface area (Å²) in [7, 11) is 6.26. The lowest BCUT2D eigenvalue weighted by atomic mass is 9.81. The van der Waals surface area contributed by atoms with Gasteiger partial charge in [0.15, 0.2) is 11.6 Å². The first-order valence-corrected chi connectivity index (χ1v) is 22.6. The minimum Gasteiger partial charge on any atom is -0.497 e. The highest BCUT2D eigenvalue weighted by Gasteiger charge is 2.33. The minimum atomic E-state index is -0.122. The van der Waals surface area contributed by atoms with E-state index in [0.717, 1.165) is 118 Å². The van der Waals surface area contributed by atoms with Crippen LogP contribution in [0.5, 0.6) is 11.5 Å². The number of halogens is 2. The molecule has 0 amide bonds. The first kappa shape index (κ1) is 44.8. The van der Waals surface area contributed by atoms with E-state index in [1.807, 2.05) is 36.7 Å². The molecular formula is C46H54Br2N8O6. The number of hydrogen-bond donors (Lipinski definition) is 2. The van der Waals surface area contributed by atoms with Crippen molar-refractivity contribution in [3.8, 4) is 11.5 Å². The Morgan fingerprint density at radius 3 is 1.45 bits per heavy atom. The zero-order chi connectivity index (χ0) is 43.9. The van der Waals surface area contributed by atoms with Gasteiger partial charge >= 0.3 is 11.9 Å². The van der Waals surface area contributed by atoms with Crippen molar-refractivity contribution >= 4 is 66.5 Å². The molecule has 2 N–H and O–H groups in total. The highest BCUT2D eigenvalue weighted by Crippen LogP contribution is 2.40. The fraction of sp³-hybridized carbons (Fsp3) is 0.435. The van der Waals surface area contributed by atoms with Crippen molar-refractivity contribution in [2.45, 2.75) is 90.1 Å². The number of esters is 2. The number of nitrogens with one attached hydrogen (secondary N) is 2. The Morgan fingerprint density at radius 1 is 0.661 bits per heavy atom. The van der Waals surface area contributed by atoms with Crippen molar-refractivity contribution in [1.29, 1.82) is 0 Å². The van der Waals surface area contributed by atoms with Crippen LogP contribution >= 0.6 is 31.9 Å². The lowest BCUT2D eigenvalue weighted by molar-refractivity contribution is -0.147. The molecule has 2 fully saturated rings. The fourth-order valence-corrected chi connectivity index (χ4v) is 9.95. The number of nitrogens with zero attached hydrogens (tertiary/aromatic N) is 6. The van der Waals surface area contributed by atoms with Crippen molar-refractivity contribution in [3.05, 3.63) is 104 Å². The van der Waals surface area contributed by atoms with Crippen LogP contribution in [0.1, 0.15) is 97.1 Å². The Hall–Kier alpha value is -5.22. The average molecular weight is 975 g/mol. The van der Waals surface area contributed by atoms with Crippen molar-refractivity contribution in [2.24, 2.45) is 11.8 Å². The van der Waals surface area contributed by atoms with Gasteiger partial charge in [-0.3, -0.25) is 18.4 Å². The molecule has 328 valence electrons. The smallest absolute Gasteiger partial charge is 0.308 e. The maximum atomic E-state index is 12.1. The molecular weight excluding hydrogens is 920 g/mol. The summed E-state index contributed by atoms with van der Waals surface area (Å²) in [5.41, 5.74) is 6.47. The third-order valence-corrected chi connectivity index (χ3v) is 13.3. The van der Waals surface area contributed by atoms with E-state index in [2.05, 4.69) is 87.2 Å². The van der Waals surface area contributed by atoms with Gasteiger partial charge in [0.25, 0.3) is 0 Å². The van der Waals surface area contributed by atoms with Crippen molar-refractivity contribution in [1.82, 2.24) is 28.7 Å². The second-order valence-electron chi connectivity index (χ2n) is 16.0. The first-order valence-electron chi connectivity index (χ1n) is 21.0. The maximum Gasteiger partial charge on any atom is 0.308 e. The van der Waals surface area contributed by atoms with Gasteiger partial charge < -0.3 is 29.6 Å². The molecule has 0 spiro atoms. The number of imidazole rings is 2. The summed E-state index contributed by atoms with van der Waals surface area (Å²) >= 11 is 7.26. The second kappa shape index (κ2) is 20.3. The predicted molar refractivity (Wildman–Crippen MR) is 245 cm³/mol. The quantitative estimate of drug-likeness (QED) is 0.112. The number of aryl methyl sites for hydroxylation is 2. The molecule has 2 aromatic carbocycles. The molecule has 4 atom stereocenters. The van der Waals surface area contributed by atoms with E-state index in [4.69, 9.17) is 28.9 Å². The topological polar surface area (TPSA) is 155 Å². The third-order valence-electron chi connectivity index (χ3n) is 12.2. The van der Waals surface area contributed by atoms with Crippen LogP contribution in [-0.4, -0.2) is 69.1 Å². The van der Waals surface area contributed by atoms with Crippen LogP contribution < -0.4 is 20.1 Å². The van der Waals surface area contributed by atoms with Crippen LogP contribution in [0.15, 0.2) is 70.4 Å². The summed E-state index contributed by atoms with van der Waals surface area (Å²) in [5.74, 6) is 5.19. The molecule has 2 aliphatic rings. The van der Waals surface area contributed by atoms with E-state index < -0.39 is 0 Å². The number of benzene rings is 2. The van der Waals surface area contributed by atoms with Gasteiger partial charge in [-0.05, 0) is 131 Å². The van der Waals surface area contributed by atoms with E-state index >= 15 is 0 Å². The Balaban J connectivity index is 0.000000186. The lowest BCUT2D eigenvalue weighted by Crippen LogP contribution is -2.24. The third kappa shape index (κ3) is 9.86. The SMILES string of the molecule is COC(=O)[C@@H]1CCC[C@H](c2nc(Br)c3c(NCc4ccc(OC)cc4C)nccn23)C1.COC(=O)[C@H]1CCC[C@@H](c2nc(Br)c3c(NCc4ccc(OC)cc4C)nccn23)C1. The zero-order valence-electron chi connectivity index (χ0n) is 36.0. The number of methoxy groups -OCH3 is 4. The normalized spacial score (nSPS) is 18.7. The summed E-state index contributed by atoms with van der Waals surface area (Å²) in [6.45, 7) is 5.43. The number of aromatic nitrogens is 6. The molecule has 6 aromatic rings. The van der Waals surface area contributed by atoms with Crippen LogP contribution in [0.3, 0.4) is 0 Å². The summed E-state index contributed by atoms with van der Waals surface area (Å²) < 4.78 is 26.2. The monoisotopic (exact) mass is 972 g/mol. The van der Waals surface area contributed by atoms with E-state index in [1.54, 1.807) is 26.6 Å². The molecule has 2 saturated carbocycles. The minimum absolute atomic E-state index is 0.0626. The van der Waals surface area contributed by atoms with Crippen LogP contribution in [0.25, 0.3) is 11.0 Å². The first-order chi connectivity index (χ1) is 30.0. The Labute approximate surface area is 378 Å². The summed E-state index contributed by atoms with van der Waals surface area (Å²) in [6, 6.07) is 12.1. The standard InChI is InChI=1S/2C23H27BrN4O3/c2*1-14-11-18(30-2)8-7-17(14)13-26-21-19-20(24)27-22(28(19)10-9-25-21)15-5-4-6-16(12-15)23(29)31-3/h2*7-11,15-16H,4-6,12-13H2,1-3H3,(H,25,26)/t2*15-,16+/m10/s1. The van der Waals surface area contributed by atoms with Gasteiger partial charge in [-0.15, -0.1) is 0 Å². The van der Waals surface area contributed by atoms with Crippen LogP contribution in [-0.2, 0) is 32.2 Å². The molecule has 2 aliphatic carbocycles. The average Bonchev–Trinajstić information content (AvgIpc) is 3.84. The number of rotatable bonds is 12. The Bertz CT molecular complexity index is 2370. The molecule has 0 bridgehead atoms. The van der Waals surface area contributed by atoms with E-state index in [-0.39, 0.29) is 35.6 Å². The summed E-state index contributed by atoms with van der Waals surface area (Å²) in [5, 5.41) is 6.92. The number of carbonyl (C=O) groups is 2. The van der Waals surface area contributed by atoms with Gasteiger partial charge in [-0.25, -0.2) is 19.9 Å². The van der Waals surface area contributed by atoms with Crippen molar-refractivity contribution in [2.75, 3.05) is 39.1 Å². The maximum absolute atomic E-state index is 12.1. The molecule has 14 nitrogen and oxygen atoms in total. The van der Waals surface area contributed by atoms with E-state index in [0.29, 0.717) is 13.1 Å². The molecule has 62 heavy (non-hydrogen) atoms. The molecule has 8 rings (SSSR count). The molecule has 0 radical (unpaired) electrons. The molecule has 0 aliphatic heterocycles. The highest BCUT2D eigenvalue weighted by atomic mass is 79.9. The summed E-state index contributed by atoms with van der Waals surface area (Å²) in [4.78, 5) is 42.9. The largest absolute Gasteiger partial charge is 0.497 e. The molecule has 4 aromatic heterocycles. The van der Waals surface area contributed by atoms with Gasteiger partial charge in [0.05, 0.1) is 40.3 Å². The molecule has 16 heteroatoms. The van der Waals surface area contributed by atoms with Gasteiger partial charge in [0, 0.05) is 49.7 Å². The Morgan fingerprint density at radius 2 is 1.08 bits per heavy atom. The van der Waals surface area contributed by atoms with Crippen LogP contribution in [0.2, 0.25) is 0 Å². The number of hydrogen-bond acceptors (Lipinski definition) is 12. The van der Waals surface area contributed by atoms with E-state index in [1.165, 1.54) is 25.3 Å². The fourth-order valence-electron chi connectivity index (χ4n) is 8.83. The van der Waals surface area contributed by atoms with Gasteiger partial charge in [-0.2, -0.15) is 0 Å². The molecule has 0 saturated heterocycles. The Kier molecular flexibility index (Phi) is 14.7. The van der Waals surface area contributed by atoms with Crippen LogP contribution in [0, 0.1) is 25.7 Å². The van der Waals surface area contributed by atoms with Crippen LogP contribution in [0.4, 0.5) is 11.6 Å². The highest BCUT2D eigenvalue weighted by molar-refractivity contribution is 9.10. The van der Waals surface area contributed by atoms with Crippen molar-refractivity contribution < 1.29 is 28.5 Å². The van der Waals surface area contributed by atoms with E-state index in [9.17, 15) is 9.59 Å². The molecule has 4 heterocycles. The number of carbonyl (C=O) groups excluding carboxylic acids is 2. The molecule has 0 unspecified atom stereocenters. The number of ether oxygens (including phenoxy) is 4. The lowest BCUT2D eigenvalue weighted by Gasteiger charge is -2.26. The predicted octanol–water partition coefficient (Wildman–Crippen LogP) is 9.74. The van der Waals surface area contributed by atoms with Gasteiger partial charge in [0.2, 0.25) is 0 Å². The second-order valence-corrected chi connectivity index (χ2v) is 17.5. The number of fused-ring (bicyclic) bond motifs is 2.